The molecule has 74 valence electrons. The van der Waals surface area contributed by atoms with E-state index < -0.39 is 11.9 Å². The van der Waals surface area contributed by atoms with E-state index in [1.807, 2.05) is 18.2 Å². The van der Waals surface area contributed by atoms with Crippen LogP contribution in [-0.2, 0) is 11.2 Å². The molecule has 2 rings (SSSR count). The van der Waals surface area contributed by atoms with Gasteiger partial charge >= 0.3 is 5.97 Å². The van der Waals surface area contributed by atoms with Crippen molar-refractivity contribution in [3.63, 3.8) is 0 Å². The van der Waals surface area contributed by atoms with Gasteiger partial charge in [-0.05, 0) is 46.7 Å². The highest BCUT2D eigenvalue weighted by Gasteiger charge is 2.25. The van der Waals surface area contributed by atoms with E-state index in [-0.39, 0.29) is 6.61 Å². The fourth-order valence-corrected chi connectivity index (χ4v) is 1.97. The first-order valence-corrected chi connectivity index (χ1v) is 5.39. The Morgan fingerprint density at radius 3 is 3.07 bits per heavy atom. The summed E-state index contributed by atoms with van der Waals surface area (Å²) in [5.74, 6) is -0.355. The lowest BCUT2D eigenvalue weighted by atomic mass is 9.97. The van der Waals surface area contributed by atoms with E-state index in [2.05, 4.69) is 22.6 Å². The van der Waals surface area contributed by atoms with Gasteiger partial charge in [0, 0.05) is 3.57 Å². The Bertz CT molecular complexity index is 376. The minimum absolute atomic E-state index is 0.280. The summed E-state index contributed by atoms with van der Waals surface area (Å²) >= 11 is 2.21. The number of hydrogen-bond donors (Lipinski definition) is 1. The van der Waals surface area contributed by atoms with Gasteiger partial charge in [0.15, 0.2) is 0 Å². The van der Waals surface area contributed by atoms with Crippen LogP contribution in [0.4, 0.5) is 0 Å². The molecule has 1 heterocycles. The maximum atomic E-state index is 10.7. The smallest absolute Gasteiger partial charge is 0.310 e. The highest BCUT2D eigenvalue weighted by atomic mass is 127. The van der Waals surface area contributed by atoms with Crippen LogP contribution in [0.1, 0.15) is 5.56 Å². The summed E-state index contributed by atoms with van der Waals surface area (Å²) in [5.41, 5.74) is 0.990. The van der Waals surface area contributed by atoms with Crippen molar-refractivity contribution in [1.82, 2.24) is 0 Å². The van der Waals surface area contributed by atoms with Crippen LogP contribution in [0, 0.1) is 9.49 Å². The molecule has 0 unspecified atom stereocenters. The summed E-state index contributed by atoms with van der Waals surface area (Å²) in [7, 11) is 0. The van der Waals surface area contributed by atoms with Crippen LogP contribution >= 0.6 is 22.6 Å². The second-order valence-corrected chi connectivity index (χ2v) is 4.55. The average Bonchev–Trinajstić information content (AvgIpc) is 2.16. The predicted molar refractivity (Wildman–Crippen MR) is 59.5 cm³/mol. The molecule has 0 amide bonds. The molecule has 1 atom stereocenters. The van der Waals surface area contributed by atoms with E-state index in [1.54, 1.807) is 0 Å². The molecule has 1 aliphatic rings. The number of fused-ring (bicyclic) bond motifs is 1. The Morgan fingerprint density at radius 1 is 1.57 bits per heavy atom. The second kappa shape index (κ2) is 3.76. The van der Waals surface area contributed by atoms with E-state index in [0.29, 0.717) is 6.42 Å². The Balaban J connectivity index is 2.27. The van der Waals surface area contributed by atoms with Crippen LogP contribution in [0.25, 0.3) is 0 Å². The van der Waals surface area contributed by atoms with Crippen molar-refractivity contribution in [3.8, 4) is 5.75 Å². The van der Waals surface area contributed by atoms with Gasteiger partial charge < -0.3 is 9.84 Å². The topological polar surface area (TPSA) is 46.5 Å². The van der Waals surface area contributed by atoms with Gasteiger partial charge in [0.05, 0.1) is 5.92 Å². The molecule has 1 aromatic carbocycles. The van der Waals surface area contributed by atoms with Crippen molar-refractivity contribution in [2.24, 2.45) is 5.92 Å². The number of carboxylic acids is 1. The van der Waals surface area contributed by atoms with Crippen LogP contribution in [0.15, 0.2) is 18.2 Å². The zero-order valence-electron chi connectivity index (χ0n) is 7.37. The Morgan fingerprint density at radius 2 is 2.36 bits per heavy atom. The highest BCUT2D eigenvalue weighted by Crippen LogP contribution is 2.28. The van der Waals surface area contributed by atoms with E-state index >= 15 is 0 Å². The largest absolute Gasteiger partial charge is 0.492 e. The molecular formula is C10H9IO3. The molecule has 0 bridgehead atoms. The highest BCUT2D eigenvalue weighted by molar-refractivity contribution is 14.1. The van der Waals surface area contributed by atoms with Crippen LogP contribution in [0.2, 0.25) is 0 Å². The number of aliphatic carboxylic acids is 1. The summed E-state index contributed by atoms with van der Waals surface area (Å²) in [5, 5.41) is 8.84. The molecule has 4 heteroatoms. The Hall–Kier alpha value is -0.780. The Labute approximate surface area is 95.2 Å². The molecule has 0 aromatic heterocycles. The quantitative estimate of drug-likeness (QED) is 0.806. The van der Waals surface area contributed by atoms with E-state index in [1.165, 1.54) is 0 Å². The minimum Gasteiger partial charge on any atom is -0.492 e. The maximum absolute atomic E-state index is 10.7. The summed E-state index contributed by atoms with van der Waals surface area (Å²) < 4.78 is 6.50. The minimum atomic E-state index is -0.783. The number of ether oxygens (including phenoxy) is 1. The fourth-order valence-electron chi connectivity index (χ4n) is 1.50. The van der Waals surface area contributed by atoms with E-state index in [0.717, 1.165) is 14.9 Å². The zero-order valence-corrected chi connectivity index (χ0v) is 9.52. The van der Waals surface area contributed by atoms with Crippen LogP contribution < -0.4 is 4.74 Å². The molecule has 1 aliphatic heterocycles. The summed E-state index contributed by atoms with van der Waals surface area (Å²) in [6.45, 7) is 0.280. The number of carbonyl (C=O) groups is 1. The third kappa shape index (κ3) is 1.84. The Kier molecular flexibility index (Phi) is 2.62. The summed E-state index contributed by atoms with van der Waals surface area (Å²) in [6.07, 6.45) is 0.571. The van der Waals surface area contributed by atoms with Gasteiger partial charge in [0.2, 0.25) is 0 Å². The molecule has 0 saturated carbocycles. The fraction of sp³-hybridized carbons (Fsp3) is 0.300. The standard InChI is InChI=1S/C10H9IO3/c11-8-2-1-6-3-7(10(12)13)5-14-9(6)4-8/h1-2,4,7H,3,5H2,(H,12,13)/t7-/m0/s1. The van der Waals surface area contributed by atoms with Gasteiger partial charge in [0.1, 0.15) is 12.4 Å². The molecule has 0 aliphatic carbocycles. The van der Waals surface area contributed by atoms with Crippen molar-refractivity contribution in [1.29, 1.82) is 0 Å². The first-order valence-electron chi connectivity index (χ1n) is 4.31. The third-order valence-corrected chi connectivity index (χ3v) is 2.96. The van der Waals surface area contributed by atoms with Gasteiger partial charge in [-0.25, -0.2) is 0 Å². The van der Waals surface area contributed by atoms with Gasteiger partial charge in [-0.3, -0.25) is 4.79 Å². The lowest BCUT2D eigenvalue weighted by Gasteiger charge is -2.22. The van der Waals surface area contributed by atoms with E-state index in [4.69, 9.17) is 9.84 Å². The monoisotopic (exact) mass is 304 g/mol. The van der Waals surface area contributed by atoms with Crippen molar-refractivity contribution in [3.05, 3.63) is 27.3 Å². The number of benzene rings is 1. The van der Waals surface area contributed by atoms with Crippen molar-refractivity contribution < 1.29 is 14.6 Å². The van der Waals surface area contributed by atoms with Crippen LogP contribution in [0.3, 0.4) is 0 Å². The van der Waals surface area contributed by atoms with Crippen molar-refractivity contribution in [2.45, 2.75) is 6.42 Å². The lowest BCUT2D eigenvalue weighted by Crippen LogP contribution is -2.27. The van der Waals surface area contributed by atoms with Crippen molar-refractivity contribution in [2.75, 3.05) is 6.61 Å². The molecule has 1 aromatic rings. The molecule has 0 fully saturated rings. The zero-order chi connectivity index (χ0) is 10.1. The normalized spacial score (nSPS) is 19.6. The number of rotatable bonds is 1. The third-order valence-electron chi connectivity index (χ3n) is 2.28. The van der Waals surface area contributed by atoms with Crippen molar-refractivity contribution >= 4 is 28.6 Å². The van der Waals surface area contributed by atoms with Crippen LogP contribution in [-0.4, -0.2) is 17.7 Å². The molecule has 14 heavy (non-hydrogen) atoms. The maximum Gasteiger partial charge on any atom is 0.310 e. The SMILES string of the molecule is O=C(O)[C@@H]1COc2cc(I)ccc2C1. The molecule has 0 spiro atoms. The molecular weight excluding hydrogens is 295 g/mol. The summed E-state index contributed by atoms with van der Waals surface area (Å²) in [6, 6.07) is 5.84. The van der Waals surface area contributed by atoms with Gasteiger partial charge in [-0.15, -0.1) is 0 Å². The van der Waals surface area contributed by atoms with Gasteiger partial charge in [-0.2, -0.15) is 0 Å². The lowest BCUT2D eigenvalue weighted by molar-refractivity contribution is -0.143. The van der Waals surface area contributed by atoms with Crippen LogP contribution in [0.5, 0.6) is 5.75 Å². The van der Waals surface area contributed by atoms with E-state index in [9.17, 15) is 4.79 Å². The molecule has 0 saturated heterocycles. The van der Waals surface area contributed by atoms with Gasteiger partial charge in [-0.1, -0.05) is 6.07 Å². The average molecular weight is 304 g/mol. The second-order valence-electron chi connectivity index (χ2n) is 3.30. The number of hydrogen-bond acceptors (Lipinski definition) is 2. The number of carboxylic acid groups (broad SMARTS) is 1. The summed E-state index contributed by atoms with van der Waals surface area (Å²) in [4.78, 5) is 10.7. The number of halogens is 1. The molecule has 1 N–H and O–H groups in total. The molecule has 0 radical (unpaired) electrons. The van der Waals surface area contributed by atoms with Gasteiger partial charge in [0.25, 0.3) is 0 Å². The molecule has 3 nitrogen and oxygen atoms in total. The first kappa shape index (κ1) is 9.76. The predicted octanol–water partition coefficient (Wildman–Crippen LogP) is 1.93. The first-order chi connectivity index (χ1) is 6.66.